The Morgan fingerprint density at radius 3 is 2.38 bits per heavy atom. The van der Waals surface area contributed by atoms with Gasteiger partial charge < -0.3 is 19.8 Å². The van der Waals surface area contributed by atoms with Crippen molar-refractivity contribution in [1.29, 1.82) is 0 Å². The van der Waals surface area contributed by atoms with Crippen LogP contribution in [-0.2, 0) is 4.79 Å². The SMILES string of the molecule is Cc1ccc(ON(C(C)C)C(O)c2ccccc2OCCCCCC(=O)O)cc1. The molecule has 6 nitrogen and oxygen atoms in total. The van der Waals surface area contributed by atoms with E-state index in [1.165, 1.54) is 0 Å². The third-order valence-electron chi connectivity index (χ3n) is 4.47. The van der Waals surface area contributed by atoms with E-state index in [-0.39, 0.29) is 12.5 Å². The summed E-state index contributed by atoms with van der Waals surface area (Å²) in [6.07, 6.45) is 1.35. The predicted molar refractivity (Wildman–Crippen MR) is 112 cm³/mol. The summed E-state index contributed by atoms with van der Waals surface area (Å²) >= 11 is 0. The maximum atomic E-state index is 11.0. The Morgan fingerprint density at radius 1 is 1.03 bits per heavy atom. The van der Waals surface area contributed by atoms with E-state index >= 15 is 0 Å². The summed E-state index contributed by atoms with van der Waals surface area (Å²) in [6, 6.07) is 14.9. The minimum absolute atomic E-state index is 0.0737. The topological polar surface area (TPSA) is 79.2 Å². The quantitative estimate of drug-likeness (QED) is 0.304. The molecule has 29 heavy (non-hydrogen) atoms. The highest BCUT2D eigenvalue weighted by molar-refractivity contribution is 5.66. The van der Waals surface area contributed by atoms with Gasteiger partial charge in [0.1, 0.15) is 11.5 Å². The molecule has 1 unspecified atom stereocenters. The van der Waals surface area contributed by atoms with Crippen LogP contribution in [0.15, 0.2) is 48.5 Å². The average molecular weight is 402 g/mol. The van der Waals surface area contributed by atoms with Gasteiger partial charge in [0.05, 0.1) is 6.61 Å². The number of hydroxylamine groups is 2. The third kappa shape index (κ3) is 7.40. The summed E-state index contributed by atoms with van der Waals surface area (Å²) < 4.78 is 5.87. The average Bonchev–Trinajstić information content (AvgIpc) is 2.69. The number of aliphatic hydroxyl groups is 1. The number of carbonyl (C=O) groups is 1. The number of aliphatic carboxylic acids is 1. The van der Waals surface area contributed by atoms with Crippen LogP contribution < -0.4 is 9.57 Å². The Morgan fingerprint density at radius 2 is 1.72 bits per heavy atom. The molecule has 0 fully saturated rings. The lowest BCUT2D eigenvalue weighted by molar-refractivity contribution is -0.195. The minimum atomic E-state index is -1.00. The molecule has 0 aliphatic carbocycles. The summed E-state index contributed by atoms with van der Waals surface area (Å²) in [4.78, 5) is 16.5. The fourth-order valence-electron chi connectivity index (χ4n) is 2.86. The summed E-state index contributed by atoms with van der Waals surface area (Å²) in [7, 11) is 0. The standard InChI is InChI=1S/C23H31NO5/c1-17(2)24(29-19-14-12-18(3)13-15-19)23(27)20-9-6-7-10-21(20)28-16-8-4-5-11-22(25)26/h6-7,9-10,12-15,17,23,27H,4-5,8,11,16H2,1-3H3,(H,25,26). The molecule has 0 aliphatic heterocycles. The molecule has 0 aromatic heterocycles. The van der Waals surface area contributed by atoms with Crippen LogP contribution in [0.1, 0.15) is 56.9 Å². The van der Waals surface area contributed by atoms with Crippen molar-refractivity contribution in [2.75, 3.05) is 6.61 Å². The summed E-state index contributed by atoms with van der Waals surface area (Å²) in [6.45, 7) is 6.37. The zero-order chi connectivity index (χ0) is 21.2. The predicted octanol–water partition coefficient (Wildman–Crippen LogP) is 4.71. The summed E-state index contributed by atoms with van der Waals surface area (Å²) in [5, 5.41) is 21.2. The van der Waals surface area contributed by atoms with Gasteiger partial charge in [-0.15, -0.1) is 5.06 Å². The smallest absolute Gasteiger partial charge is 0.303 e. The van der Waals surface area contributed by atoms with Gasteiger partial charge in [0, 0.05) is 18.0 Å². The van der Waals surface area contributed by atoms with E-state index < -0.39 is 12.2 Å². The van der Waals surface area contributed by atoms with Crippen LogP contribution in [-0.4, -0.2) is 33.9 Å². The van der Waals surface area contributed by atoms with Crippen molar-refractivity contribution in [3.05, 3.63) is 59.7 Å². The van der Waals surface area contributed by atoms with E-state index in [1.807, 2.05) is 69.3 Å². The minimum Gasteiger partial charge on any atom is -0.493 e. The number of hydrogen-bond acceptors (Lipinski definition) is 5. The van der Waals surface area contributed by atoms with Gasteiger partial charge in [-0.05, 0) is 58.2 Å². The van der Waals surface area contributed by atoms with Gasteiger partial charge in [-0.25, -0.2) is 0 Å². The van der Waals surface area contributed by atoms with Gasteiger partial charge in [0.2, 0.25) is 0 Å². The molecule has 0 bridgehead atoms. The molecule has 0 spiro atoms. The molecule has 0 radical (unpaired) electrons. The fraction of sp³-hybridized carbons (Fsp3) is 0.435. The molecule has 1 atom stereocenters. The van der Waals surface area contributed by atoms with Crippen molar-refractivity contribution in [1.82, 2.24) is 5.06 Å². The number of aliphatic hydroxyl groups excluding tert-OH is 1. The monoisotopic (exact) mass is 401 g/mol. The number of hydrogen-bond donors (Lipinski definition) is 2. The highest BCUT2D eigenvalue weighted by Gasteiger charge is 2.25. The van der Waals surface area contributed by atoms with Crippen LogP contribution in [0, 0.1) is 6.92 Å². The number of unbranched alkanes of at least 4 members (excludes halogenated alkanes) is 2. The molecule has 0 saturated heterocycles. The third-order valence-corrected chi connectivity index (χ3v) is 4.47. The second-order valence-corrected chi connectivity index (χ2v) is 7.32. The lowest BCUT2D eigenvalue weighted by Gasteiger charge is -2.31. The van der Waals surface area contributed by atoms with Crippen molar-refractivity contribution in [2.45, 2.75) is 58.7 Å². The molecule has 158 valence electrons. The first-order chi connectivity index (χ1) is 13.9. The molecular formula is C23H31NO5. The van der Waals surface area contributed by atoms with Crippen molar-refractivity contribution in [3.8, 4) is 11.5 Å². The molecule has 0 aliphatic rings. The van der Waals surface area contributed by atoms with Crippen LogP contribution in [0.5, 0.6) is 11.5 Å². The Balaban J connectivity index is 2.02. The second-order valence-electron chi connectivity index (χ2n) is 7.32. The van der Waals surface area contributed by atoms with Crippen molar-refractivity contribution in [3.63, 3.8) is 0 Å². The Kier molecular flexibility index (Phi) is 8.96. The maximum Gasteiger partial charge on any atom is 0.303 e. The molecule has 0 saturated carbocycles. The van der Waals surface area contributed by atoms with Crippen LogP contribution in [0.2, 0.25) is 0 Å². The second kappa shape index (κ2) is 11.4. The van der Waals surface area contributed by atoms with E-state index in [0.717, 1.165) is 18.4 Å². The fourth-order valence-corrected chi connectivity index (χ4v) is 2.86. The molecule has 6 heteroatoms. The Labute approximate surface area is 172 Å². The van der Waals surface area contributed by atoms with Gasteiger partial charge in [0.15, 0.2) is 6.23 Å². The normalized spacial score (nSPS) is 12.2. The number of carboxylic acids is 1. The number of nitrogens with zero attached hydrogens (tertiary/aromatic N) is 1. The summed E-state index contributed by atoms with van der Waals surface area (Å²) in [5.74, 6) is 0.471. The highest BCUT2D eigenvalue weighted by atomic mass is 16.7. The molecular weight excluding hydrogens is 370 g/mol. The van der Waals surface area contributed by atoms with Gasteiger partial charge in [-0.2, -0.15) is 0 Å². The number of aryl methyl sites for hydroxylation is 1. The van der Waals surface area contributed by atoms with Crippen LogP contribution in [0.4, 0.5) is 0 Å². The lowest BCUT2D eigenvalue weighted by Crippen LogP contribution is -2.38. The van der Waals surface area contributed by atoms with E-state index in [2.05, 4.69) is 0 Å². The number of para-hydroxylation sites is 1. The Bertz CT molecular complexity index is 760. The zero-order valence-corrected chi connectivity index (χ0v) is 17.4. The number of ether oxygens (including phenoxy) is 1. The molecule has 2 rings (SSSR count). The highest BCUT2D eigenvalue weighted by Crippen LogP contribution is 2.30. The zero-order valence-electron chi connectivity index (χ0n) is 17.4. The van der Waals surface area contributed by atoms with E-state index in [1.54, 1.807) is 5.06 Å². The number of rotatable bonds is 12. The van der Waals surface area contributed by atoms with Crippen molar-refractivity contribution < 1.29 is 24.6 Å². The maximum absolute atomic E-state index is 11.0. The molecule has 0 amide bonds. The molecule has 2 N–H and O–H groups in total. The molecule has 2 aromatic carbocycles. The summed E-state index contributed by atoms with van der Waals surface area (Å²) in [5.41, 5.74) is 1.76. The van der Waals surface area contributed by atoms with Gasteiger partial charge in [-0.3, -0.25) is 4.79 Å². The number of carboxylic acid groups (broad SMARTS) is 1. The molecule has 0 heterocycles. The first-order valence-electron chi connectivity index (χ1n) is 10.0. The lowest BCUT2D eigenvalue weighted by atomic mass is 10.1. The first-order valence-corrected chi connectivity index (χ1v) is 10.0. The van der Waals surface area contributed by atoms with Crippen molar-refractivity contribution in [2.24, 2.45) is 0 Å². The van der Waals surface area contributed by atoms with Gasteiger partial charge in [-0.1, -0.05) is 35.9 Å². The van der Waals surface area contributed by atoms with Crippen LogP contribution in [0.25, 0.3) is 0 Å². The van der Waals surface area contributed by atoms with Crippen LogP contribution in [0.3, 0.4) is 0 Å². The number of benzene rings is 2. The van der Waals surface area contributed by atoms with E-state index in [9.17, 15) is 9.90 Å². The molecule has 2 aromatic rings. The van der Waals surface area contributed by atoms with Crippen LogP contribution >= 0.6 is 0 Å². The van der Waals surface area contributed by atoms with E-state index in [0.29, 0.717) is 30.1 Å². The largest absolute Gasteiger partial charge is 0.493 e. The Hall–Kier alpha value is -2.57. The first kappa shape index (κ1) is 22.7. The van der Waals surface area contributed by atoms with E-state index in [4.69, 9.17) is 14.7 Å². The van der Waals surface area contributed by atoms with Gasteiger partial charge in [0.25, 0.3) is 0 Å². The van der Waals surface area contributed by atoms with Crippen molar-refractivity contribution >= 4 is 5.97 Å². The van der Waals surface area contributed by atoms with Gasteiger partial charge >= 0.3 is 5.97 Å².